The third-order valence-corrected chi connectivity index (χ3v) is 6.18. The molecule has 1 amide bonds. The highest BCUT2D eigenvalue weighted by Crippen LogP contribution is 2.40. The normalized spacial score (nSPS) is 17.0. The van der Waals surface area contributed by atoms with Gasteiger partial charge < -0.3 is 19.6 Å². The van der Waals surface area contributed by atoms with Gasteiger partial charge in [-0.15, -0.1) is 0 Å². The van der Waals surface area contributed by atoms with Crippen LogP contribution in [-0.4, -0.2) is 49.4 Å². The molecule has 0 spiro atoms. The molecule has 1 atom stereocenters. The van der Waals surface area contributed by atoms with Gasteiger partial charge >= 0.3 is 0 Å². The summed E-state index contributed by atoms with van der Waals surface area (Å²) in [5, 5.41) is 11.1. The summed E-state index contributed by atoms with van der Waals surface area (Å²) in [5.74, 6) is -1.49. The predicted molar refractivity (Wildman–Crippen MR) is 133 cm³/mol. The Kier molecular flexibility index (Phi) is 6.87. The summed E-state index contributed by atoms with van der Waals surface area (Å²) in [7, 11) is 5.44. The third-order valence-electron chi connectivity index (χ3n) is 6.18. The van der Waals surface area contributed by atoms with Crippen LogP contribution in [0.2, 0.25) is 0 Å². The fraction of sp³-hybridized carbons (Fsp3) is 0.214. The lowest BCUT2D eigenvalue weighted by atomic mass is 9.95. The maximum atomic E-state index is 13.4. The van der Waals surface area contributed by atoms with E-state index in [-0.39, 0.29) is 23.4 Å². The van der Waals surface area contributed by atoms with Gasteiger partial charge in [-0.3, -0.25) is 9.59 Å². The van der Waals surface area contributed by atoms with E-state index in [0.717, 1.165) is 17.0 Å². The summed E-state index contributed by atoms with van der Waals surface area (Å²) in [5.41, 5.74) is 2.91. The zero-order valence-corrected chi connectivity index (χ0v) is 19.9. The van der Waals surface area contributed by atoms with Crippen LogP contribution in [0.1, 0.15) is 22.7 Å². The van der Waals surface area contributed by atoms with Crippen LogP contribution in [0.15, 0.2) is 78.4 Å². The number of hydrogen-bond donors (Lipinski definition) is 1. The molecule has 1 heterocycles. The van der Waals surface area contributed by atoms with Crippen molar-refractivity contribution in [2.24, 2.45) is 0 Å². The summed E-state index contributed by atoms with van der Waals surface area (Å²) in [6.45, 7) is 0.275. The van der Waals surface area contributed by atoms with Crippen molar-refractivity contribution >= 4 is 23.1 Å². The number of ketones is 1. The van der Waals surface area contributed by atoms with E-state index in [0.29, 0.717) is 12.0 Å². The molecule has 0 bridgehead atoms. The molecule has 3 aromatic carbocycles. The van der Waals surface area contributed by atoms with Gasteiger partial charge in [-0.05, 0) is 66.1 Å². The fourth-order valence-electron chi connectivity index (χ4n) is 4.22. The highest BCUT2D eigenvalue weighted by Gasteiger charge is 2.45. The number of benzene rings is 3. The van der Waals surface area contributed by atoms with Gasteiger partial charge in [-0.2, -0.15) is 0 Å². The molecule has 7 heteroatoms. The molecule has 4 rings (SSSR count). The smallest absolute Gasteiger partial charge is 0.295 e. The van der Waals surface area contributed by atoms with Crippen molar-refractivity contribution in [3.63, 3.8) is 0 Å². The number of anilines is 1. The number of amides is 1. The molecule has 3 aromatic rings. The van der Waals surface area contributed by atoms with Gasteiger partial charge in [-0.1, -0.05) is 24.3 Å². The van der Waals surface area contributed by atoms with Crippen molar-refractivity contribution in [1.82, 2.24) is 4.90 Å². The van der Waals surface area contributed by atoms with Crippen LogP contribution in [0.25, 0.3) is 5.76 Å². The van der Waals surface area contributed by atoms with Crippen molar-refractivity contribution in [1.29, 1.82) is 0 Å². The number of carbonyl (C=O) groups is 2. The van der Waals surface area contributed by atoms with Crippen LogP contribution >= 0.6 is 0 Å². The minimum Gasteiger partial charge on any atom is -0.507 e. The molecule has 35 heavy (non-hydrogen) atoms. The number of nitrogens with zero attached hydrogens (tertiary/aromatic N) is 2. The lowest BCUT2D eigenvalue weighted by molar-refractivity contribution is -0.139. The van der Waals surface area contributed by atoms with Gasteiger partial charge in [0.15, 0.2) is 0 Å². The zero-order valence-electron chi connectivity index (χ0n) is 19.9. The number of carbonyl (C=O) groups excluding carboxylic acids is 2. The number of rotatable bonds is 7. The van der Waals surface area contributed by atoms with Crippen molar-refractivity contribution in [3.05, 3.63) is 101 Å². The Balaban J connectivity index is 1.74. The second kappa shape index (κ2) is 10.0. The SMILES string of the molecule is COc1ccc(CCN2C(=O)C(=O)/C(=C(\O)c3ccc(F)cc3)C2c2ccc(N(C)C)cc2)cc1. The first-order chi connectivity index (χ1) is 16.8. The van der Waals surface area contributed by atoms with Crippen LogP contribution in [0.4, 0.5) is 10.1 Å². The summed E-state index contributed by atoms with van der Waals surface area (Å²) in [4.78, 5) is 29.7. The minimum absolute atomic E-state index is 0.00561. The quantitative estimate of drug-likeness (QED) is 0.309. The Hall–Kier alpha value is -4.13. The fourth-order valence-corrected chi connectivity index (χ4v) is 4.22. The summed E-state index contributed by atoms with van der Waals surface area (Å²) >= 11 is 0. The van der Waals surface area contributed by atoms with E-state index in [1.54, 1.807) is 7.11 Å². The lowest BCUT2D eigenvalue weighted by Gasteiger charge is -2.26. The number of hydrogen-bond acceptors (Lipinski definition) is 5. The molecule has 1 aliphatic heterocycles. The number of aliphatic hydroxyl groups is 1. The monoisotopic (exact) mass is 474 g/mol. The molecule has 1 saturated heterocycles. The van der Waals surface area contributed by atoms with E-state index in [4.69, 9.17) is 4.74 Å². The van der Waals surface area contributed by atoms with E-state index >= 15 is 0 Å². The summed E-state index contributed by atoms with van der Waals surface area (Å²) < 4.78 is 18.6. The van der Waals surface area contributed by atoms with Crippen LogP contribution in [0.3, 0.4) is 0 Å². The Bertz CT molecular complexity index is 1250. The molecule has 1 unspecified atom stereocenters. The second-order valence-corrected chi connectivity index (χ2v) is 8.58. The molecule has 180 valence electrons. The van der Waals surface area contributed by atoms with E-state index in [9.17, 15) is 19.1 Å². The third kappa shape index (κ3) is 4.89. The van der Waals surface area contributed by atoms with Crippen LogP contribution in [0.5, 0.6) is 5.75 Å². The maximum absolute atomic E-state index is 13.4. The van der Waals surface area contributed by atoms with Crippen molar-refractivity contribution in [2.75, 3.05) is 32.6 Å². The van der Waals surface area contributed by atoms with E-state index in [2.05, 4.69) is 0 Å². The Morgan fingerprint density at radius 3 is 2.17 bits per heavy atom. The van der Waals surface area contributed by atoms with Crippen molar-refractivity contribution < 1.29 is 23.8 Å². The van der Waals surface area contributed by atoms with Gasteiger partial charge in [0, 0.05) is 31.9 Å². The predicted octanol–water partition coefficient (Wildman–Crippen LogP) is 4.56. The summed E-state index contributed by atoms with van der Waals surface area (Å²) in [6, 6.07) is 19.4. The number of likely N-dealkylation sites (tertiary alicyclic amines) is 1. The molecular formula is C28H27FN2O4. The van der Waals surface area contributed by atoms with Gasteiger partial charge in [0.25, 0.3) is 11.7 Å². The van der Waals surface area contributed by atoms with Gasteiger partial charge in [0.2, 0.25) is 0 Å². The first-order valence-electron chi connectivity index (χ1n) is 11.2. The van der Waals surface area contributed by atoms with Crippen LogP contribution < -0.4 is 9.64 Å². The highest BCUT2D eigenvalue weighted by molar-refractivity contribution is 6.46. The van der Waals surface area contributed by atoms with E-state index < -0.39 is 23.5 Å². The van der Waals surface area contributed by atoms with E-state index in [1.165, 1.54) is 29.2 Å². The standard InChI is InChI=1S/C28H27FN2O4/c1-30(2)22-12-8-19(9-13-22)25-24(26(32)20-6-10-21(29)11-7-20)27(33)28(34)31(25)17-16-18-4-14-23(35-3)15-5-18/h4-15,25,32H,16-17H2,1-3H3/b26-24-. The summed E-state index contributed by atoms with van der Waals surface area (Å²) in [6.07, 6.45) is 0.514. The molecule has 0 aromatic heterocycles. The Morgan fingerprint density at radius 2 is 1.60 bits per heavy atom. The van der Waals surface area contributed by atoms with Gasteiger partial charge in [0.05, 0.1) is 18.7 Å². The first kappa shape index (κ1) is 24.0. The molecule has 1 N–H and O–H groups in total. The van der Waals surface area contributed by atoms with Crippen molar-refractivity contribution in [3.8, 4) is 5.75 Å². The highest BCUT2D eigenvalue weighted by atomic mass is 19.1. The van der Waals surface area contributed by atoms with Crippen LogP contribution in [-0.2, 0) is 16.0 Å². The molecule has 0 saturated carbocycles. The minimum atomic E-state index is -0.769. The van der Waals surface area contributed by atoms with Gasteiger partial charge in [-0.25, -0.2) is 4.39 Å². The maximum Gasteiger partial charge on any atom is 0.295 e. The number of methoxy groups -OCH3 is 1. The Morgan fingerprint density at radius 1 is 0.971 bits per heavy atom. The number of aliphatic hydroxyl groups excluding tert-OH is 1. The van der Waals surface area contributed by atoms with E-state index in [1.807, 2.05) is 67.5 Å². The molecule has 0 aliphatic carbocycles. The molecule has 1 fully saturated rings. The average Bonchev–Trinajstić information content (AvgIpc) is 3.12. The Labute approximate surface area is 203 Å². The van der Waals surface area contributed by atoms with Crippen molar-refractivity contribution in [2.45, 2.75) is 12.5 Å². The number of halogens is 1. The first-order valence-corrected chi connectivity index (χ1v) is 11.2. The topological polar surface area (TPSA) is 70.1 Å². The molecule has 0 radical (unpaired) electrons. The van der Waals surface area contributed by atoms with Crippen LogP contribution in [0, 0.1) is 5.82 Å². The average molecular weight is 475 g/mol. The molecule has 1 aliphatic rings. The number of ether oxygens (including phenoxy) is 1. The van der Waals surface area contributed by atoms with Gasteiger partial charge in [0.1, 0.15) is 17.3 Å². The second-order valence-electron chi connectivity index (χ2n) is 8.58. The molecule has 6 nitrogen and oxygen atoms in total. The largest absolute Gasteiger partial charge is 0.507 e. The molecular weight excluding hydrogens is 447 g/mol. The lowest BCUT2D eigenvalue weighted by Crippen LogP contribution is -2.31. The number of Topliss-reactive ketones (excluding diaryl/α,β-unsaturated/α-hetero) is 1. The zero-order chi connectivity index (χ0) is 25.1.